The first kappa shape index (κ1) is 13.4. The molecular formula is C16H16FN3O. The van der Waals surface area contributed by atoms with E-state index < -0.39 is 5.82 Å². The molecule has 0 saturated carbocycles. The molecule has 4 nitrogen and oxygen atoms in total. The van der Waals surface area contributed by atoms with Crippen molar-refractivity contribution in [2.75, 3.05) is 29.5 Å². The molecule has 0 radical (unpaired) electrons. The lowest BCUT2D eigenvalue weighted by Crippen LogP contribution is -2.37. The quantitative estimate of drug-likeness (QED) is 0.834. The second-order valence-electron chi connectivity index (χ2n) is 5.04. The fourth-order valence-electron chi connectivity index (χ4n) is 2.60. The van der Waals surface area contributed by atoms with Gasteiger partial charge in [-0.2, -0.15) is 0 Å². The Labute approximate surface area is 122 Å². The molecular weight excluding hydrogens is 269 g/mol. The molecule has 1 heterocycles. The molecule has 5 heteroatoms. The van der Waals surface area contributed by atoms with Crippen molar-refractivity contribution in [2.24, 2.45) is 0 Å². The summed E-state index contributed by atoms with van der Waals surface area (Å²) in [6.45, 7) is 0.574. The fourth-order valence-corrected chi connectivity index (χ4v) is 2.60. The summed E-state index contributed by atoms with van der Waals surface area (Å²) < 4.78 is 13.9. The lowest BCUT2D eigenvalue weighted by molar-refractivity contribution is 0.0980. The number of hydrogen-bond donors (Lipinski definition) is 2. The highest BCUT2D eigenvalue weighted by Crippen LogP contribution is 2.28. The average Bonchev–Trinajstić information content (AvgIpc) is 2.49. The second kappa shape index (κ2) is 5.09. The Kier molecular flexibility index (Phi) is 3.25. The molecule has 0 aromatic heterocycles. The number of nitrogens with two attached hydrogens (primary N) is 1. The maximum Gasteiger partial charge on any atom is 0.258 e. The van der Waals surface area contributed by atoms with Crippen LogP contribution in [0.1, 0.15) is 15.9 Å². The zero-order valence-corrected chi connectivity index (χ0v) is 11.7. The third kappa shape index (κ3) is 2.31. The van der Waals surface area contributed by atoms with Crippen LogP contribution in [0, 0.1) is 5.82 Å². The summed E-state index contributed by atoms with van der Waals surface area (Å²) in [6.07, 6.45) is 0.695. The van der Waals surface area contributed by atoms with Crippen molar-refractivity contribution in [1.82, 2.24) is 0 Å². The van der Waals surface area contributed by atoms with Crippen LogP contribution < -0.4 is 16.0 Å². The molecule has 1 amide bonds. The highest BCUT2D eigenvalue weighted by molar-refractivity contribution is 6.08. The standard InChI is InChI=1S/C16H16FN3O/c1-19-15-8-10-6-7-20(12-4-2-11(18)3-5-12)16(21)13(10)9-14(15)17/h2-5,8-9,19H,6-7,18H2,1H3. The van der Waals surface area contributed by atoms with Crippen LogP contribution in [0.2, 0.25) is 0 Å². The van der Waals surface area contributed by atoms with Gasteiger partial charge in [-0.3, -0.25) is 4.79 Å². The highest BCUT2D eigenvalue weighted by atomic mass is 19.1. The molecule has 2 aromatic rings. The third-order valence-corrected chi connectivity index (χ3v) is 3.75. The Balaban J connectivity index is 1.99. The molecule has 0 unspecified atom stereocenters. The number of nitrogens with zero attached hydrogens (tertiary/aromatic N) is 1. The molecule has 108 valence electrons. The van der Waals surface area contributed by atoms with Gasteiger partial charge in [0, 0.05) is 30.5 Å². The maximum absolute atomic E-state index is 13.9. The second-order valence-corrected chi connectivity index (χ2v) is 5.04. The van der Waals surface area contributed by atoms with Gasteiger partial charge in [0.15, 0.2) is 0 Å². The summed E-state index contributed by atoms with van der Waals surface area (Å²) in [7, 11) is 1.66. The van der Waals surface area contributed by atoms with Gasteiger partial charge in [0.25, 0.3) is 5.91 Å². The fraction of sp³-hybridized carbons (Fsp3) is 0.188. The van der Waals surface area contributed by atoms with E-state index in [9.17, 15) is 9.18 Å². The summed E-state index contributed by atoms with van der Waals surface area (Å²) in [4.78, 5) is 14.2. The van der Waals surface area contributed by atoms with E-state index in [-0.39, 0.29) is 5.91 Å². The molecule has 0 bridgehead atoms. The Morgan fingerprint density at radius 1 is 1.24 bits per heavy atom. The number of benzene rings is 2. The smallest absolute Gasteiger partial charge is 0.258 e. The molecule has 3 N–H and O–H groups in total. The van der Waals surface area contributed by atoms with Gasteiger partial charge in [-0.1, -0.05) is 0 Å². The van der Waals surface area contributed by atoms with E-state index in [2.05, 4.69) is 5.32 Å². The lowest BCUT2D eigenvalue weighted by Gasteiger charge is -2.29. The number of halogens is 1. The summed E-state index contributed by atoms with van der Waals surface area (Å²) in [5.41, 5.74) is 8.80. The summed E-state index contributed by atoms with van der Waals surface area (Å²) in [5.74, 6) is -0.591. The number of carbonyl (C=O) groups is 1. The minimum absolute atomic E-state index is 0.178. The van der Waals surface area contributed by atoms with E-state index in [4.69, 9.17) is 5.73 Å². The van der Waals surface area contributed by atoms with Gasteiger partial charge in [-0.25, -0.2) is 4.39 Å². The number of anilines is 3. The summed E-state index contributed by atoms with van der Waals surface area (Å²) in [6, 6.07) is 10.1. The van der Waals surface area contributed by atoms with Crippen molar-refractivity contribution < 1.29 is 9.18 Å². The Morgan fingerprint density at radius 3 is 2.62 bits per heavy atom. The van der Waals surface area contributed by atoms with Gasteiger partial charge in [0.2, 0.25) is 0 Å². The normalized spacial score (nSPS) is 14.0. The summed E-state index contributed by atoms with van der Waals surface area (Å²) >= 11 is 0. The predicted molar refractivity (Wildman–Crippen MR) is 82.2 cm³/mol. The Bertz CT molecular complexity index is 697. The molecule has 0 atom stereocenters. The van der Waals surface area contributed by atoms with E-state index in [1.165, 1.54) is 6.07 Å². The number of carbonyl (C=O) groups excluding carboxylic acids is 1. The number of hydrogen-bond acceptors (Lipinski definition) is 3. The largest absolute Gasteiger partial charge is 0.399 e. The molecule has 1 aliphatic rings. The van der Waals surface area contributed by atoms with Crippen LogP contribution in [-0.2, 0) is 6.42 Å². The van der Waals surface area contributed by atoms with Crippen molar-refractivity contribution in [3.05, 3.63) is 53.3 Å². The SMILES string of the molecule is CNc1cc2c(cc1F)C(=O)N(c1ccc(N)cc1)CC2. The van der Waals surface area contributed by atoms with Crippen LogP contribution in [0.15, 0.2) is 36.4 Å². The van der Waals surface area contributed by atoms with E-state index in [1.54, 1.807) is 42.3 Å². The molecule has 2 aromatic carbocycles. The Hall–Kier alpha value is -2.56. The van der Waals surface area contributed by atoms with Gasteiger partial charge in [0.1, 0.15) is 5.82 Å². The van der Waals surface area contributed by atoms with Crippen molar-refractivity contribution >= 4 is 23.0 Å². The van der Waals surface area contributed by atoms with Crippen molar-refractivity contribution in [3.63, 3.8) is 0 Å². The molecule has 21 heavy (non-hydrogen) atoms. The van der Waals surface area contributed by atoms with Crippen molar-refractivity contribution in [1.29, 1.82) is 0 Å². The zero-order chi connectivity index (χ0) is 15.0. The van der Waals surface area contributed by atoms with Crippen molar-refractivity contribution in [2.45, 2.75) is 6.42 Å². The third-order valence-electron chi connectivity index (χ3n) is 3.75. The van der Waals surface area contributed by atoms with Gasteiger partial charge in [-0.05, 0) is 48.4 Å². The average molecular weight is 285 g/mol. The Morgan fingerprint density at radius 2 is 1.95 bits per heavy atom. The monoisotopic (exact) mass is 285 g/mol. The number of rotatable bonds is 2. The van der Waals surface area contributed by atoms with Crippen LogP contribution >= 0.6 is 0 Å². The van der Waals surface area contributed by atoms with E-state index >= 15 is 0 Å². The van der Waals surface area contributed by atoms with Crippen molar-refractivity contribution in [3.8, 4) is 0 Å². The van der Waals surface area contributed by atoms with Gasteiger partial charge >= 0.3 is 0 Å². The maximum atomic E-state index is 13.9. The van der Waals surface area contributed by atoms with Crippen LogP contribution in [0.25, 0.3) is 0 Å². The molecule has 0 aliphatic carbocycles. The predicted octanol–water partition coefficient (Wildman–Crippen LogP) is 2.65. The first-order valence-electron chi connectivity index (χ1n) is 6.77. The van der Waals surface area contributed by atoms with Gasteiger partial charge in [0.05, 0.1) is 5.69 Å². The zero-order valence-electron chi connectivity index (χ0n) is 11.7. The molecule has 3 rings (SSSR count). The topological polar surface area (TPSA) is 58.4 Å². The molecule has 0 spiro atoms. The molecule has 0 fully saturated rings. The first-order valence-corrected chi connectivity index (χ1v) is 6.77. The molecule has 1 aliphatic heterocycles. The van der Waals surface area contributed by atoms with Crippen LogP contribution in [0.3, 0.4) is 0 Å². The first-order chi connectivity index (χ1) is 10.1. The van der Waals surface area contributed by atoms with E-state index in [0.29, 0.717) is 29.9 Å². The minimum Gasteiger partial charge on any atom is -0.399 e. The van der Waals surface area contributed by atoms with Crippen LogP contribution in [-0.4, -0.2) is 19.5 Å². The van der Waals surface area contributed by atoms with Crippen LogP contribution in [0.5, 0.6) is 0 Å². The minimum atomic E-state index is -0.413. The number of nitrogens with one attached hydrogen (secondary N) is 1. The van der Waals surface area contributed by atoms with Crippen LogP contribution in [0.4, 0.5) is 21.5 Å². The summed E-state index contributed by atoms with van der Waals surface area (Å²) in [5, 5.41) is 2.80. The van der Waals surface area contributed by atoms with Gasteiger partial charge in [-0.15, -0.1) is 0 Å². The lowest BCUT2D eigenvalue weighted by atomic mass is 9.97. The number of nitrogen functional groups attached to an aromatic ring is 1. The number of amides is 1. The van der Waals surface area contributed by atoms with E-state index in [0.717, 1.165) is 11.3 Å². The number of fused-ring (bicyclic) bond motifs is 1. The van der Waals surface area contributed by atoms with Gasteiger partial charge < -0.3 is 16.0 Å². The van der Waals surface area contributed by atoms with E-state index in [1.807, 2.05) is 0 Å². The highest BCUT2D eigenvalue weighted by Gasteiger charge is 2.26. The molecule has 0 saturated heterocycles.